The van der Waals surface area contributed by atoms with Crippen molar-refractivity contribution in [1.29, 1.82) is 0 Å². The highest BCUT2D eigenvalue weighted by molar-refractivity contribution is 7.91. The summed E-state index contributed by atoms with van der Waals surface area (Å²) >= 11 is 0. The standard InChI is InChI=1S/C20H23NO4S/c22-26(23,17-5-2-1-3-6-17)14-11-21-10-4-7-18(21)16-8-9-19-20(15-16)25-13-12-24-19/h1-3,5-6,8-9,15,18H,4,7,10-14H2. The molecule has 0 saturated carbocycles. The Hall–Kier alpha value is -2.05. The van der Waals surface area contributed by atoms with Crippen molar-refractivity contribution in [1.82, 2.24) is 4.90 Å². The molecule has 1 fully saturated rings. The van der Waals surface area contributed by atoms with Gasteiger partial charge in [-0.25, -0.2) is 8.42 Å². The van der Waals surface area contributed by atoms with Crippen molar-refractivity contribution < 1.29 is 17.9 Å². The molecule has 2 heterocycles. The number of benzene rings is 2. The molecule has 0 radical (unpaired) electrons. The predicted molar refractivity (Wildman–Crippen MR) is 99.5 cm³/mol. The van der Waals surface area contributed by atoms with Crippen LogP contribution in [0.15, 0.2) is 53.4 Å². The molecule has 0 aromatic heterocycles. The SMILES string of the molecule is O=S(=O)(CCN1CCCC1c1ccc2c(c1)OCCO2)c1ccccc1. The topological polar surface area (TPSA) is 55.8 Å². The van der Waals surface area contributed by atoms with E-state index < -0.39 is 9.84 Å². The highest BCUT2D eigenvalue weighted by Crippen LogP contribution is 2.38. The monoisotopic (exact) mass is 373 g/mol. The second-order valence-electron chi connectivity index (χ2n) is 6.73. The quantitative estimate of drug-likeness (QED) is 0.806. The van der Waals surface area contributed by atoms with E-state index in [0.717, 1.165) is 30.9 Å². The Morgan fingerprint density at radius 2 is 1.77 bits per heavy atom. The van der Waals surface area contributed by atoms with Crippen LogP contribution in [0, 0.1) is 0 Å². The summed E-state index contributed by atoms with van der Waals surface area (Å²) in [6.45, 7) is 2.61. The summed E-state index contributed by atoms with van der Waals surface area (Å²) < 4.78 is 36.4. The van der Waals surface area contributed by atoms with E-state index in [1.807, 2.05) is 18.2 Å². The first kappa shape index (κ1) is 17.4. The van der Waals surface area contributed by atoms with Gasteiger partial charge in [0.15, 0.2) is 21.3 Å². The van der Waals surface area contributed by atoms with Crippen LogP contribution in [-0.2, 0) is 9.84 Å². The molecule has 0 bridgehead atoms. The minimum atomic E-state index is -3.25. The van der Waals surface area contributed by atoms with E-state index in [-0.39, 0.29) is 11.8 Å². The number of hydrogen-bond donors (Lipinski definition) is 0. The van der Waals surface area contributed by atoms with E-state index in [1.54, 1.807) is 24.3 Å². The van der Waals surface area contributed by atoms with Crippen molar-refractivity contribution in [2.75, 3.05) is 32.1 Å². The molecule has 4 rings (SSSR count). The zero-order valence-corrected chi connectivity index (χ0v) is 15.5. The van der Waals surface area contributed by atoms with Crippen LogP contribution in [-0.4, -0.2) is 45.4 Å². The Balaban J connectivity index is 1.47. The molecule has 0 N–H and O–H groups in total. The average Bonchev–Trinajstić information content (AvgIpc) is 3.15. The van der Waals surface area contributed by atoms with Crippen molar-refractivity contribution in [2.45, 2.75) is 23.8 Å². The van der Waals surface area contributed by atoms with E-state index in [1.165, 1.54) is 5.56 Å². The van der Waals surface area contributed by atoms with Crippen molar-refractivity contribution in [3.63, 3.8) is 0 Å². The summed E-state index contributed by atoms with van der Waals surface area (Å²) in [5.74, 6) is 1.71. The molecule has 1 atom stereocenters. The van der Waals surface area contributed by atoms with Gasteiger partial charge in [0.25, 0.3) is 0 Å². The van der Waals surface area contributed by atoms with Crippen molar-refractivity contribution >= 4 is 9.84 Å². The molecule has 138 valence electrons. The van der Waals surface area contributed by atoms with Gasteiger partial charge in [-0.2, -0.15) is 0 Å². The highest BCUT2D eigenvalue weighted by atomic mass is 32.2. The summed E-state index contributed by atoms with van der Waals surface area (Å²) in [5, 5.41) is 0. The molecular weight excluding hydrogens is 350 g/mol. The lowest BCUT2D eigenvalue weighted by molar-refractivity contribution is 0.170. The van der Waals surface area contributed by atoms with Gasteiger partial charge < -0.3 is 9.47 Å². The van der Waals surface area contributed by atoms with E-state index >= 15 is 0 Å². The summed E-state index contributed by atoms with van der Waals surface area (Å²) in [6, 6.07) is 15.0. The van der Waals surface area contributed by atoms with Crippen LogP contribution in [0.25, 0.3) is 0 Å². The minimum Gasteiger partial charge on any atom is -0.486 e. The average molecular weight is 373 g/mol. The molecule has 6 heteroatoms. The van der Waals surface area contributed by atoms with Crippen LogP contribution in [0.2, 0.25) is 0 Å². The van der Waals surface area contributed by atoms with Crippen molar-refractivity contribution in [3.05, 3.63) is 54.1 Å². The van der Waals surface area contributed by atoms with Crippen LogP contribution >= 0.6 is 0 Å². The van der Waals surface area contributed by atoms with Crippen LogP contribution in [0.4, 0.5) is 0 Å². The molecular formula is C20H23NO4S. The van der Waals surface area contributed by atoms with Gasteiger partial charge in [-0.1, -0.05) is 24.3 Å². The zero-order valence-electron chi connectivity index (χ0n) is 14.6. The molecule has 1 saturated heterocycles. The Kier molecular flexibility index (Phi) is 4.87. The molecule has 5 nitrogen and oxygen atoms in total. The maximum absolute atomic E-state index is 12.6. The lowest BCUT2D eigenvalue weighted by Gasteiger charge is -2.26. The van der Waals surface area contributed by atoms with E-state index in [9.17, 15) is 8.42 Å². The fourth-order valence-corrected chi connectivity index (χ4v) is 5.00. The first-order valence-electron chi connectivity index (χ1n) is 9.05. The Bertz CT molecular complexity index is 867. The van der Waals surface area contributed by atoms with Crippen molar-refractivity contribution in [3.8, 4) is 11.5 Å². The van der Waals surface area contributed by atoms with Gasteiger partial charge in [0.1, 0.15) is 13.2 Å². The van der Waals surface area contributed by atoms with Gasteiger partial charge in [0.05, 0.1) is 10.6 Å². The molecule has 2 aromatic carbocycles. The van der Waals surface area contributed by atoms with E-state index in [0.29, 0.717) is 24.7 Å². The molecule has 0 aliphatic carbocycles. The van der Waals surface area contributed by atoms with Crippen LogP contribution in [0.1, 0.15) is 24.4 Å². The summed E-state index contributed by atoms with van der Waals surface area (Å²) in [5.41, 5.74) is 1.17. The third-order valence-electron chi connectivity index (χ3n) is 5.06. The second-order valence-corrected chi connectivity index (χ2v) is 8.84. The van der Waals surface area contributed by atoms with E-state index in [2.05, 4.69) is 11.0 Å². The smallest absolute Gasteiger partial charge is 0.179 e. The lowest BCUT2D eigenvalue weighted by Crippen LogP contribution is -2.29. The second kappa shape index (κ2) is 7.29. The number of likely N-dealkylation sites (tertiary alicyclic amines) is 1. The molecule has 2 aromatic rings. The fraction of sp³-hybridized carbons (Fsp3) is 0.400. The number of rotatable bonds is 5. The maximum atomic E-state index is 12.6. The first-order valence-corrected chi connectivity index (χ1v) is 10.7. The number of nitrogens with zero attached hydrogens (tertiary/aromatic N) is 1. The minimum absolute atomic E-state index is 0.137. The summed E-state index contributed by atoms with van der Waals surface area (Å²) in [6.07, 6.45) is 2.11. The zero-order chi connectivity index (χ0) is 18.0. The Morgan fingerprint density at radius 3 is 2.58 bits per heavy atom. The Labute approximate surface area is 154 Å². The molecule has 0 amide bonds. The molecule has 2 aliphatic heterocycles. The molecule has 26 heavy (non-hydrogen) atoms. The van der Waals surface area contributed by atoms with Gasteiger partial charge >= 0.3 is 0 Å². The third-order valence-corrected chi connectivity index (χ3v) is 6.77. The largest absolute Gasteiger partial charge is 0.486 e. The van der Waals surface area contributed by atoms with Gasteiger partial charge in [-0.05, 0) is 49.2 Å². The normalized spacial score (nSPS) is 20.2. The van der Waals surface area contributed by atoms with E-state index in [4.69, 9.17) is 9.47 Å². The number of fused-ring (bicyclic) bond motifs is 1. The van der Waals surface area contributed by atoms with Gasteiger partial charge in [0.2, 0.25) is 0 Å². The third kappa shape index (κ3) is 3.57. The predicted octanol–water partition coefficient (Wildman–Crippen LogP) is 3.07. The van der Waals surface area contributed by atoms with Crippen molar-refractivity contribution in [2.24, 2.45) is 0 Å². The number of hydrogen-bond acceptors (Lipinski definition) is 5. The fourth-order valence-electron chi connectivity index (χ4n) is 3.72. The van der Waals surface area contributed by atoms with Crippen LogP contribution < -0.4 is 9.47 Å². The van der Waals surface area contributed by atoms with Gasteiger partial charge in [-0.15, -0.1) is 0 Å². The highest BCUT2D eigenvalue weighted by Gasteiger charge is 2.28. The number of ether oxygens (including phenoxy) is 2. The summed E-state index contributed by atoms with van der Waals surface area (Å²) in [4.78, 5) is 2.67. The first-order chi connectivity index (χ1) is 12.6. The lowest BCUT2D eigenvalue weighted by atomic mass is 10.0. The molecule has 1 unspecified atom stereocenters. The van der Waals surface area contributed by atoms with Gasteiger partial charge in [0, 0.05) is 12.6 Å². The number of sulfone groups is 1. The van der Waals surface area contributed by atoms with Crippen LogP contribution in [0.3, 0.4) is 0 Å². The Morgan fingerprint density at radius 1 is 1.00 bits per heavy atom. The molecule has 2 aliphatic rings. The summed E-state index contributed by atoms with van der Waals surface area (Å²) in [7, 11) is -3.25. The maximum Gasteiger partial charge on any atom is 0.179 e. The van der Waals surface area contributed by atoms with Gasteiger partial charge in [-0.3, -0.25) is 4.90 Å². The molecule has 0 spiro atoms. The van der Waals surface area contributed by atoms with Crippen LogP contribution in [0.5, 0.6) is 11.5 Å².